The zero-order valence-corrected chi connectivity index (χ0v) is 7.89. The molecule has 70 valence electrons. The average Bonchev–Trinajstić information content (AvgIpc) is 2.29. The maximum absolute atomic E-state index is 10.9. The normalized spacial score (nSPS) is 23.1. The fraction of sp³-hybridized carbons (Fsp3) is 0.875. The number of halogens is 1. The first-order valence-corrected chi connectivity index (χ1v) is 4.90. The summed E-state index contributed by atoms with van der Waals surface area (Å²) in [5.41, 5.74) is 0. The molecule has 1 heterocycles. The first-order valence-electron chi connectivity index (χ1n) is 4.37. The van der Waals surface area contributed by atoms with Crippen LogP contribution in [-0.2, 0) is 0 Å². The Morgan fingerprint density at radius 2 is 1.75 bits per heavy atom. The third-order valence-electron chi connectivity index (χ3n) is 2.56. The Kier molecular flexibility index (Phi) is 3.35. The van der Waals surface area contributed by atoms with E-state index < -0.39 is 6.09 Å². The van der Waals surface area contributed by atoms with E-state index in [1.54, 1.807) is 0 Å². The van der Waals surface area contributed by atoms with Crippen LogP contribution in [0.4, 0.5) is 4.79 Å². The van der Waals surface area contributed by atoms with Crippen molar-refractivity contribution in [3.05, 3.63) is 0 Å². The van der Waals surface area contributed by atoms with Crippen LogP contribution in [0.3, 0.4) is 0 Å². The van der Waals surface area contributed by atoms with Gasteiger partial charge in [-0.25, -0.2) is 4.48 Å². The highest BCUT2D eigenvalue weighted by Crippen LogP contribution is 2.19. The smallest absolute Gasteiger partial charge is 0.435 e. The lowest BCUT2D eigenvalue weighted by molar-refractivity contribution is -0.845. The Bertz CT molecular complexity index is 164. The summed E-state index contributed by atoms with van der Waals surface area (Å²) in [7, 11) is 0. The molecule has 0 aromatic carbocycles. The summed E-state index contributed by atoms with van der Waals surface area (Å²) < 4.78 is 0.0571. The van der Waals surface area contributed by atoms with Crippen LogP contribution in [0.25, 0.3) is 0 Å². The molecule has 0 radical (unpaired) electrons. The molecule has 3 nitrogen and oxygen atoms in total. The van der Waals surface area contributed by atoms with E-state index in [2.05, 4.69) is 0 Å². The monoisotopic (exact) mass is 192 g/mol. The van der Waals surface area contributed by atoms with E-state index in [0.717, 1.165) is 25.7 Å². The summed E-state index contributed by atoms with van der Waals surface area (Å²) in [6.45, 7) is 1.39. The van der Waals surface area contributed by atoms with Crippen molar-refractivity contribution < 1.29 is 14.4 Å². The lowest BCUT2D eigenvalue weighted by atomic mass is 10.2. The Balaban J connectivity index is 2.68. The molecular weight excluding hydrogens is 178 g/mol. The molecule has 1 rings (SSSR count). The lowest BCUT2D eigenvalue weighted by Crippen LogP contribution is -2.51. The van der Waals surface area contributed by atoms with Crippen molar-refractivity contribution in [3.8, 4) is 0 Å². The van der Waals surface area contributed by atoms with Gasteiger partial charge in [-0.2, -0.15) is 4.79 Å². The minimum atomic E-state index is -0.771. The van der Waals surface area contributed by atoms with Gasteiger partial charge < -0.3 is 5.11 Å². The van der Waals surface area contributed by atoms with Gasteiger partial charge in [0.2, 0.25) is 0 Å². The van der Waals surface area contributed by atoms with Gasteiger partial charge in [0.05, 0.1) is 13.1 Å². The molecule has 0 saturated carbocycles. The van der Waals surface area contributed by atoms with E-state index in [-0.39, 0.29) is 10.5 Å². The predicted octanol–water partition coefficient (Wildman–Crippen LogP) is 2.25. The fourth-order valence-corrected chi connectivity index (χ4v) is 2.00. The van der Waals surface area contributed by atoms with E-state index in [4.69, 9.17) is 16.7 Å². The zero-order chi connectivity index (χ0) is 9.03. The molecule has 0 bridgehead atoms. The van der Waals surface area contributed by atoms with E-state index in [0.29, 0.717) is 13.1 Å². The summed E-state index contributed by atoms with van der Waals surface area (Å²) in [5, 5.41) is 9.00. The van der Waals surface area contributed by atoms with Crippen molar-refractivity contribution in [2.45, 2.75) is 25.7 Å². The molecule has 1 fully saturated rings. The van der Waals surface area contributed by atoms with Crippen molar-refractivity contribution in [2.24, 2.45) is 0 Å². The number of hydrogen-bond donors (Lipinski definition) is 1. The number of amides is 1. The number of alkyl halides is 1. The quantitative estimate of drug-likeness (QED) is 0.393. The first kappa shape index (κ1) is 9.81. The third kappa shape index (κ3) is 1.90. The Hall–Kier alpha value is -0.280. The first-order chi connectivity index (χ1) is 5.71. The molecule has 1 aliphatic rings. The summed E-state index contributed by atoms with van der Waals surface area (Å²) in [6, 6.07) is 0.204. The minimum Gasteiger partial charge on any atom is -0.435 e. The molecular formula is C8H15ClNO2+. The van der Waals surface area contributed by atoms with Crippen molar-refractivity contribution >= 4 is 17.7 Å². The van der Waals surface area contributed by atoms with Gasteiger partial charge in [-0.05, 0) is 25.7 Å². The van der Waals surface area contributed by atoms with Crippen molar-refractivity contribution in [2.75, 3.05) is 19.1 Å². The molecule has 0 spiro atoms. The minimum absolute atomic E-state index is 0.0571. The number of likely N-dealkylation sites (tertiary alicyclic amines) is 1. The third-order valence-corrected chi connectivity index (χ3v) is 3.01. The van der Waals surface area contributed by atoms with Gasteiger partial charge in [0.25, 0.3) is 0 Å². The van der Waals surface area contributed by atoms with Gasteiger partial charge in [0.1, 0.15) is 0 Å². The lowest BCUT2D eigenvalue weighted by Gasteiger charge is -2.28. The van der Waals surface area contributed by atoms with E-state index >= 15 is 0 Å². The van der Waals surface area contributed by atoms with E-state index in [1.807, 2.05) is 0 Å². The number of carboxylic acid groups (broad SMARTS) is 1. The van der Waals surface area contributed by atoms with Crippen LogP contribution in [0.15, 0.2) is 0 Å². The molecule has 0 aromatic rings. The van der Waals surface area contributed by atoms with Crippen molar-refractivity contribution in [1.29, 1.82) is 0 Å². The number of rotatable bonds is 1. The van der Waals surface area contributed by atoms with Crippen molar-refractivity contribution in [3.63, 3.8) is 0 Å². The highest BCUT2D eigenvalue weighted by molar-refractivity contribution is 6.17. The van der Waals surface area contributed by atoms with Crippen LogP contribution in [-0.4, -0.2) is 34.8 Å². The van der Waals surface area contributed by atoms with Gasteiger partial charge in [-0.15, -0.1) is 0 Å². The fourth-order valence-electron chi connectivity index (χ4n) is 1.66. The maximum atomic E-state index is 10.9. The zero-order valence-electron chi connectivity index (χ0n) is 7.13. The van der Waals surface area contributed by atoms with Crippen molar-refractivity contribution in [1.82, 2.24) is 0 Å². The number of quaternary nitrogens is 1. The number of carbonyl (C=O) groups is 1. The second kappa shape index (κ2) is 4.10. The molecule has 12 heavy (non-hydrogen) atoms. The molecule has 0 unspecified atom stereocenters. The van der Waals surface area contributed by atoms with Crippen LogP contribution < -0.4 is 0 Å². The summed E-state index contributed by atoms with van der Waals surface area (Å²) >= 11 is 5.70. The van der Waals surface area contributed by atoms with Gasteiger partial charge in [0.15, 0.2) is 6.00 Å². The summed E-state index contributed by atoms with van der Waals surface area (Å²) in [6.07, 6.45) is 3.48. The van der Waals surface area contributed by atoms with Crippen LogP contribution in [0, 0.1) is 0 Å². The highest BCUT2D eigenvalue weighted by atomic mass is 35.5. The molecule has 1 aliphatic heterocycles. The van der Waals surface area contributed by atoms with E-state index in [1.165, 1.54) is 0 Å². The van der Waals surface area contributed by atoms with Gasteiger partial charge in [-0.3, -0.25) is 0 Å². The van der Waals surface area contributed by atoms with Gasteiger partial charge in [0, 0.05) is 0 Å². The Morgan fingerprint density at radius 1 is 1.25 bits per heavy atom. The summed E-state index contributed by atoms with van der Waals surface area (Å²) in [5.74, 6) is 0. The number of hydrogen-bond acceptors (Lipinski definition) is 1. The van der Waals surface area contributed by atoms with Gasteiger partial charge >= 0.3 is 6.09 Å². The van der Waals surface area contributed by atoms with Crippen LogP contribution in [0.2, 0.25) is 0 Å². The molecule has 0 aliphatic carbocycles. The van der Waals surface area contributed by atoms with Crippen LogP contribution >= 0.6 is 11.6 Å². The highest BCUT2D eigenvalue weighted by Gasteiger charge is 2.36. The largest absolute Gasteiger partial charge is 0.514 e. The summed E-state index contributed by atoms with van der Waals surface area (Å²) in [4.78, 5) is 10.9. The van der Waals surface area contributed by atoms with Gasteiger partial charge in [-0.1, -0.05) is 11.6 Å². The Labute approximate surface area is 77.5 Å². The Morgan fingerprint density at radius 3 is 2.08 bits per heavy atom. The van der Waals surface area contributed by atoms with Crippen LogP contribution in [0.1, 0.15) is 25.7 Å². The second-order valence-electron chi connectivity index (χ2n) is 3.41. The maximum Gasteiger partial charge on any atom is 0.514 e. The molecule has 4 heteroatoms. The molecule has 0 atom stereocenters. The SMILES string of the molecule is O=C(O)[N+]1(CCl)CCCCCC1. The molecule has 1 N–H and O–H groups in total. The topological polar surface area (TPSA) is 37.3 Å². The second-order valence-corrected chi connectivity index (χ2v) is 3.65. The predicted molar refractivity (Wildman–Crippen MR) is 47.2 cm³/mol. The van der Waals surface area contributed by atoms with E-state index in [9.17, 15) is 4.79 Å². The average molecular weight is 193 g/mol. The molecule has 1 saturated heterocycles. The number of nitrogens with zero attached hydrogens (tertiary/aromatic N) is 1. The molecule has 0 aromatic heterocycles. The molecule has 1 amide bonds. The van der Waals surface area contributed by atoms with Crippen LogP contribution in [0.5, 0.6) is 0 Å². The standard InChI is InChI=1S/C8H14ClNO2/c9-7-10(8(11)12)5-3-1-2-4-6-10/h1-7H2/p+1.